The van der Waals surface area contributed by atoms with Crippen molar-refractivity contribution in [3.05, 3.63) is 90.5 Å². The fourth-order valence-corrected chi connectivity index (χ4v) is 3.45. The van der Waals surface area contributed by atoms with Gasteiger partial charge in [0.1, 0.15) is 18.0 Å². The van der Waals surface area contributed by atoms with E-state index in [9.17, 15) is 13.2 Å². The van der Waals surface area contributed by atoms with Crippen molar-refractivity contribution in [1.29, 1.82) is 0 Å². The van der Waals surface area contributed by atoms with Crippen molar-refractivity contribution in [3.63, 3.8) is 0 Å². The number of hydrogen-bond donors (Lipinski definition) is 1. The van der Waals surface area contributed by atoms with Gasteiger partial charge >= 0.3 is 0 Å². The molecule has 0 atom stereocenters. The third-order valence-electron chi connectivity index (χ3n) is 3.99. The molecule has 0 radical (unpaired) electrons. The van der Waals surface area contributed by atoms with Gasteiger partial charge in [0, 0.05) is 0 Å². The van der Waals surface area contributed by atoms with E-state index in [4.69, 9.17) is 4.74 Å². The van der Waals surface area contributed by atoms with Gasteiger partial charge in [0.15, 0.2) is 0 Å². The quantitative estimate of drug-likeness (QED) is 0.444. The molecule has 7 nitrogen and oxygen atoms in total. The van der Waals surface area contributed by atoms with E-state index in [0.29, 0.717) is 17.2 Å². The van der Waals surface area contributed by atoms with Crippen LogP contribution in [0.25, 0.3) is 0 Å². The standard InChI is InChI=1S/C22H21N3O4S/c1-30(27,28)25(17-22(26)24-23-16-18-8-4-2-5-9-18)19-12-14-21(15-13-19)29-20-10-6-3-7-11-20/h2-16H,17H2,1H3,(H,24,26)/b23-16+. The van der Waals surface area contributed by atoms with Crippen LogP contribution in [0.2, 0.25) is 0 Å². The van der Waals surface area contributed by atoms with E-state index in [0.717, 1.165) is 16.1 Å². The molecule has 0 fully saturated rings. The molecule has 0 saturated carbocycles. The summed E-state index contributed by atoms with van der Waals surface area (Å²) in [6.45, 7) is -0.399. The SMILES string of the molecule is CS(=O)(=O)N(CC(=O)N/N=C/c1ccccc1)c1ccc(Oc2ccccc2)cc1. The second-order valence-electron chi connectivity index (χ2n) is 6.38. The number of hydrazone groups is 1. The number of carbonyl (C=O) groups excluding carboxylic acids is 1. The third-order valence-corrected chi connectivity index (χ3v) is 5.13. The molecule has 0 bridgehead atoms. The molecule has 8 heteroatoms. The van der Waals surface area contributed by atoms with Crippen LogP contribution in [0.4, 0.5) is 5.69 Å². The first-order valence-electron chi connectivity index (χ1n) is 9.09. The minimum atomic E-state index is -3.68. The Bertz CT molecular complexity index is 1100. The Balaban J connectivity index is 1.67. The number of nitrogens with zero attached hydrogens (tertiary/aromatic N) is 2. The van der Waals surface area contributed by atoms with Gasteiger partial charge in [-0.25, -0.2) is 13.8 Å². The van der Waals surface area contributed by atoms with Crippen molar-refractivity contribution in [1.82, 2.24) is 5.43 Å². The van der Waals surface area contributed by atoms with Crippen molar-refractivity contribution < 1.29 is 17.9 Å². The summed E-state index contributed by atoms with van der Waals surface area (Å²) in [5.74, 6) is 0.661. The zero-order valence-corrected chi connectivity index (χ0v) is 17.1. The number of rotatable bonds is 8. The molecular weight excluding hydrogens is 402 g/mol. The lowest BCUT2D eigenvalue weighted by Crippen LogP contribution is -2.38. The summed E-state index contributed by atoms with van der Waals surface area (Å²) < 4.78 is 31.1. The Labute approximate surface area is 175 Å². The maximum atomic E-state index is 12.2. The first-order chi connectivity index (χ1) is 14.4. The maximum absolute atomic E-state index is 12.2. The van der Waals surface area contributed by atoms with Gasteiger partial charge in [0.05, 0.1) is 18.2 Å². The van der Waals surface area contributed by atoms with E-state index in [-0.39, 0.29) is 0 Å². The van der Waals surface area contributed by atoms with Gasteiger partial charge in [-0.3, -0.25) is 9.10 Å². The van der Waals surface area contributed by atoms with Crippen LogP contribution in [-0.4, -0.2) is 33.3 Å². The van der Waals surface area contributed by atoms with Crippen LogP contribution < -0.4 is 14.5 Å². The highest BCUT2D eigenvalue weighted by molar-refractivity contribution is 7.92. The number of anilines is 1. The smallest absolute Gasteiger partial charge is 0.260 e. The molecule has 3 rings (SSSR count). The summed E-state index contributed by atoms with van der Waals surface area (Å²) in [6.07, 6.45) is 2.53. The Morgan fingerprint density at radius 2 is 1.50 bits per heavy atom. The Hall–Kier alpha value is -3.65. The first kappa shape index (κ1) is 21.1. The van der Waals surface area contributed by atoms with Crippen LogP contribution in [0.3, 0.4) is 0 Å². The van der Waals surface area contributed by atoms with Gasteiger partial charge in [-0.15, -0.1) is 0 Å². The maximum Gasteiger partial charge on any atom is 0.260 e. The lowest BCUT2D eigenvalue weighted by atomic mass is 10.2. The molecule has 0 aromatic heterocycles. The van der Waals surface area contributed by atoms with E-state index in [1.54, 1.807) is 24.3 Å². The van der Waals surface area contributed by atoms with Gasteiger partial charge in [-0.1, -0.05) is 48.5 Å². The molecule has 1 N–H and O–H groups in total. The Kier molecular flexibility index (Phi) is 6.82. The normalized spacial score (nSPS) is 11.2. The largest absolute Gasteiger partial charge is 0.457 e. The molecule has 0 aliphatic heterocycles. The summed E-state index contributed by atoms with van der Waals surface area (Å²) in [4.78, 5) is 12.2. The van der Waals surface area contributed by atoms with Crippen LogP contribution >= 0.6 is 0 Å². The lowest BCUT2D eigenvalue weighted by Gasteiger charge is -2.21. The first-order valence-corrected chi connectivity index (χ1v) is 10.9. The molecule has 0 heterocycles. The fraction of sp³-hybridized carbons (Fsp3) is 0.0909. The fourth-order valence-electron chi connectivity index (χ4n) is 2.59. The molecule has 0 saturated heterocycles. The summed E-state index contributed by atoms with van der Waals surface area (Å²) >= 11 is 0. The average molecular weight is 423 g/mol. The lowest BCUT2D eigenvalue weighted by molar-refractivity contribution is -0.119. The summed E-state index contributed by atoms with van der Waals surface area (Å²) in [5.41, 5.74) is 3.51. The molecular formula is C22H21N3O4S. The minimum absolute atomic E-state index is 0.347. The number of nitrogens with one attached hydrogen (secondary N) is 1. The number of amides is 1. The number of sulfonamides is 1. The second-order valence-corrected chi connectivity index (χ2v) is 8.29. The van der Waals surface area contributed by atoms with Gasteiger partial charge < -0.3 is 4.74 Å². The van der Waals surface area contributed by atoms with E-state index in [1.807, 2.05) is 60.7 Å². The van der Waals surface area contributed by atoms with Crippen LogP contribution in [0.15, 0.2) is 90.0 Å². The number of para-hydroxylation sites is 1. The van der Waals surface area contributed by atoms with Crippen LogP contribution in [0.5, 0.6) is 11.5 Å². The van der Waals surface area contributed by atoms with Crippen molar-refractivity contribution >= 4 is 27.8 Å². The van der Waals surface area contributed by atoms with Crippen LogP contribution in [0, 0.1) is 0 Å². The van der Waals surface area contributed by atoms with Gasteiger partial charge in [-0.05, 0) is 42.0 Å². The molecule has 1 amide bonds. The van der Waals surface area contributed by atoms with Crippen molar-refractivity contribution in [2.75, 3.05) is 17.1 Å². The van der Waals surface area contributed by atoms with Crippen LogP contribution in [-0.2, 0) is 14.8 Å². The summed E-state index contributed by atoms with van der Waals surface area (Å²) in [6, 6.07) is 24.9. The second kappa shape index (κ2) is 9.71. The van der Waals surface area contributed by atoms with Crippen LogP contribution in [0.1, 0.15) is 5.56 Å². The third kappa shape index (κ3) is 6.18. The highest BCUT2D eigenvalue weighted by Gasteiger charge is 2.20. The zero-order chi connectivity index (χ0) is 21.4. The van der Waals surface area contributed by atoms with Crippen molar-refractivity contribution in [3.8, 4) is 11.5 Å². The highest BCUT2D eigenvalue weighted by Crippen LogP contribution is 2.25. The summed E-state index contributed by atoms with van der Waals surface area (Å²) in [5, 5.41) is 3.87. The van der Waals surface area contributed by atoms with Gasteiger partial charge in [0.25, 0.3) is 5.91 Å². The van der Waals surface area contributed by atoms with E-state index >= 15 is 0 Å². The molecule has 0 spiro atoms. The Morgan fingerprint density at radius 3 is 2.10 bits per heavy atom. The molecule has 30 heavy (non-hydrogen) atoms. The number of carbonyl (C=O) groups is 1. The van der Waals surface area contributed by atoms with E-state index < -0.39 is 22.5 Å². The molecule has 154 valence electrons. The van der Waals surface area contributed by atoms with Gasteiger partial charge in [-0.2, -0.15) is 5.10 Å². The molecule has 0 aliphatic carbocycles. The highest BCUT2D eigenvalue weighted by atomic mass is 32.2. The van der Waals surface area contributed by atoms with E-state index in [2.05, 4.69) is 10.5 Å². The van der Waals surface area contributed by atoms with Crippen molar-refractivity contribution in [2.24, 2.45) is 5.10 Å². The Morgan fingerprint density at radius 1 is 0.933 bits per heavy atom. The average Bonchev–Trinajstić information content (AvgIpc) is 2.73. The number of hydrogen-bond acceptors (Lipinski definition) is 5. The minimum Gasteiger partial charge on any atom is -0.457 e. The molecule has 3 aromatic rings. The van der Waals surface area contributed by atoms with Crippen molar-refractivity contribution in [2.45, 2.75) is 0 Å². The number of benzene rings is 3. The summed E-state index contributed by atoms with van der Waals surface area (Å²) in [7, 11) is -3.68. The molecule has 0 unspecified atom stereocenters. The van der Waals surface area contributed by atoms with E-state index in [1.165, 1.54) is 6.21 Å². The topological polar surface area (TPSA) is 88.1 Å². The monoisotopic (exact) mass is 423 g/mol. The predicted molar refractivity (Wildman–Crippen MR) is 117 cm³/mol. The predicted octanol–water partition coefficient (Wildman–Crippen LogP) is 3.40. The molecule has 3 aromatic carbocycles. The molecule has 0 aliphatic rings. The zero-order valence-electron chi connectivity index (χ0n) is 16.3. The number of ether oxygens (including phenoxy) is 1. The van der Waals surface area contributed by atoms with Gasteiger partial charge in [0.2, 0.25) is 10.0 Å².